The number of halogens is 1. The van der Waals surface area contributed by atoms with Gasteiger partial charge in [-0.3, -0.25) is 0 Å². The van der Waals surface area contributed by atoms with Gasteiger partial charge in [0.2, 0.25) is 5.28 Å². The molecular formula is C13H21ClN4O. The van der Waals surface area contributed by atoms with Crippen LogP contribution < -0.4 is 0 Å². The minimum absolute atomic E-state index is 0.0894. The van der Waals surface area contributed by atoms with Gasteiger partial charge in [0.25, 0.3) is 0 Å². The van der Waals surface area contributed by atoms with Crippen LogP contribution in [0, 0.1) is 0 Å². The molecule has 0 N–H and O–H groups in total. The Hall–Kier alpha value is -1.20. The molecule has 2 heterocycles. The molecule has 2 rings (SSSR count). The van der Waals surface area contributed by atoms with Gasteiger partial charge >= 0.3 is 0 Å². The third-order valence-electron chi connectivity index (χ3n) is 2.47. The Balaban J connectivity index is 0.000000861. The third kappa shape index (κ3) is 3.88. The van der Waals surface area contributed by atoms with Crippen molar-refractivity contribution in [3.05, 3.63) is 17.7 Å². The van der Waals surface area contributed by atoms with E-state index in [-0.39, 0.29) is 11.5 Å². The van der Waals surface area contributed by atoms with Crippen molar-refractivity contribution in [1.29, 1.82) is 0 Å². The summed E-state index contributed by atoms with van der Waals surface area (Å²) in [5.41, 5.74) is 0.719. The lowest BCUT2D eigenvalue weighted by Gasteiger charge is -2.17. The SMILES string of the molecule is CC.CCCC(OCC)n1ncc2cnc(Cl)nc21. The molecule has 0 aliphatic carbocycles. The highest BCUT2D eigenvalue weighted by atomic mass is 35.5. The van der Waals surface area contributed by atoms with Gasteiger partial charge in [0.1, 0.15) is 0 Å². The molecule has 106 valence electrons. The lowest BCUT2D eigenvalue weighted by atomic mass is 10.3. The zero-order valence-electron chi connectivity index (χ0n) is 11.9. The van der Waals surface area contributed by atoms with Crippen molar-refractivity contribution in [2.45, 2.75) is 46.8 Å². The number of ether oxygens (including phenoxy) is 1. The molecule has 0 bridgehead atoms. The van der Waals surface area contributed by atoms with Crippen LogP contribution in [0.1, 0.15) is 46.8 Å². The van der Waals surface area contributed by atoms with Crippen molar-refractivity contribution < 1.29 is 4.74 Å². The molecular weight excluding hydrogens is 264 g/mol. The Labute approximate surface area is 119 Å². The summed E-state index contributed by atoms with van der Waals surface area (Å²) in [6.45, 7) is 8.72. The van der Waals surface area contributed by atoms with Gasteiger partial charge in [0, 0.05) is 12.8 Å². The van der Waals surface area contributed by atoms with Gasteiger partial charge in [-0.15, -0.1) is 0 Å². The van der Waals surface area contributed by atoms with E-state index in [1.54, 1.807) is 17.1 Å². The molecule has 0 saturated heterocycles. The quantitative estimate of drug-likeness (QED) is 0.783. The first-order chi connectivity index (χ1) is 9.26. The molecule has 0 fully saturated rings. The van der Waals surface area contributed by atoms with Gasteiger partial charge in [-0.1, -0.05) is 27.2 Å². The number of nitrogens with zero attached hydrogens (tertiary/aromatic N) is 4. The Kier molecular flexibility index (Phi) is 6.73. The summed E-state index contributed by atoms with van der Waals surface area (Å²) < 4.78 is 7.45. The fourth-order valence-corrected chi connectivity index (χ4v) is 1.87. The standard InChI is InChI=1S/C11H15ClN4O.C2H6/c1-3-5-9(17-4-2)16-10-8(7-14-16)6-13-11(12)15-10;1-2/h6-7,9H,3-5H2,1-2H3;1-2H3. The number of aromatic nitrogens is 4. The number of rotatable bonds is 5. The second-order valence-corrected chi connectivity index (χ2v) is 4.04. The highest BCUT2D eigenvalue weighted by Gasteiger charge is 2.15. The highest BCUT2D eigenvalue weighted by Crippen LogP contribution is 2.21. The van der Waals surface area contributed by atoms with E-state index in [0.717, 1.165) is 23.9 Å². The molecule has 0 amide bonds. The second-order valence-electron chi connectivity index (χ2n) is 3.71. The maximum Gasteiger partial charge on any atom is 0.224 e. The molecule has 0 aromatic carbocycles. The largest absolute Gasteiger partial charge is 0.357 e. The summed E-state index contributed by atoms with van der Waals surface area (Å²) in [5.74, 6) is 0. The molecule has 0 saturated carbocycles. The van der Waals surface area contributed by atoms with Crippen LogP contribution in [0.2, 0.25) is 5.28 Å². The van der Waals surface area contributed by atoms with Crippen LogP contribution in [0.3, 0.4) is 0 Å². The van der Waals surface area contributed by atoms with Gasteiger partial charge < -0.3 is 4.74 Å². The molecule has 2 aromatic heterocycles. The van der Waals surface area contributed by atoms with E-state index < -0.39 is 0 Å². The monoisotopic (exact) mass is 284 g/mol. The molecule has 0 aliphatic heterocycles. The van der Waals surface area contributed by atoms with Crippen LogP contribution in [0.5, 0.6) is 0 Å². The van der Waals surface area contributed by atoms with Crippen molar-refractivity contribution in [3.8, 4) is 0 Å². The summed E-state index contributed by atoms with van der Waals surface area (Å²) in [7, 11) is 0. The zero-order valence-corrected chi connectivity index (χ0v) is 12.7. The van der Waals surface area contributed by atoms with Crippen molar-refractivity contribution in [3.63, 3.8) is 0 Å². The average Bonchev–Trinajstić information content (AvgIpc) is 2.83. The van der Waals surface area contributed by atoms with Crippen LogP contribution in [0.4, 0.5) is 0 Å². The predicted octanol–water partition coefficient (Wildman–Crippen LogP) is 3.84. The summed E-state index contributed by atoms with van der Waals surface area (Å²) in [4.78, 5) is 8.13. The lowest BCUT2D eigenvalue weighted by molar-refractivity contribution is -0.00216. The summed E-state index contributed by atoms with van der Waals surface area (Å²) in [6, 6.07) is 0. The highest BCUT2D eigenvalue weighted by molar-refractivity contribution is 6.28. The van der Waals surface area contributed by atoms with E-state index in [1.807, 2.05) is 20.8 Å². The van der Waals surface area contributed by atoms with Crippen molar-refractivity contribution in [1.82, 2.24) is 19.7 Å². The van der Waals surface area contributed by atoms with E-state index in [9.17, 15) is 0 Å². The zero-order chi connectivity index (χ0) is 14.3. The third-order valence-corrected chi connectivity index (χ3v) is 2.65. The first-order valence-electron chi connectivity index (χ1n) is 6.73. The molecule has 6 heteroatoms. The van der Waals surface area contributed by atoms with E-state index in [4.69, 9.17) is 16.3 Å². The van der Waals surface area contributed by atoms with E-state index in [1.165, 1.54) is 0 Å². The summed E-state index contributed by atoms with van der Waals surface area (Å²) >= 11 is 5.80. The smallest absolute Gasteiger partial charge is 0.224 e. The molecule has 5 nitrogen and oxygen atoms in total. The van der Waals surface area contributed by atoms with Crippen LogP contribution in [-0.2, 0) is 4.74 Å². The van der Waals surface area contributed by atoms with Gasteiger partial charge in [-0.2, -0.15) is 10.1 Å². The Morgan fingerprint density at radius 2 is 2.05 bits per heavy atom. The van der Waals surface area contributed by atoms with E-state index in [2.05, 4.69) is 22.0 Å². The fourth-order valence-electron chi connectivity index (χ4n) is 1.74. The topological polar surface area (TPSA) is 52.8 Å². The second kappa shape index (κ2) is 8.07. The maximum atomic E-state index is 5.80. The van der Waals surface area contributed by atoms with Crippen molar-refractivity contribution >= 4 is 22.6 Å². The Bertz CT molecular complexity index is 494. The van der Waals surface area contributed by atoms with Crippen LogP contribution in [0.15, 0.2) is 12.4 Å². The molecule has 0 aliphatic rings. The van der Waals surface area contributed by atoms with Crippen molar-refractivity contribution in [2.24, 2.45) is 0 Å². The molecule has 1 atom stereocenters. The number of fused-ring (bicyclic) bond motifs is 1. The summed E-state index contributed by atoms with van der Waals surface area (Å²) in [6.07, 6.45) is 5.22. The van der Waals surface area contributed by atoms with Crippen LogP contribution in [-0.4, -0.2) is 26.4 Å². The lowest BCUT2D eigenvalue weighted by Crippen LogP contribution is -2.14. The number of hydrogen-bond donors (Lipinski definition) is 0. The molecule has 2 aromatic rings. The van der Waals surface area contributed by atoms with Crippen molar-refractivity contribution in [2.75, 3.05) is 6.61 Å². The van der Waals surface area contributed by atoms with E-state index >= 15 is 0 Å². The first-order valence-corrected chi connectivity index (χ1v) is 7.11. The van der Waals surface area contributed by atoms with Crippen LogP contribution in [0.25, 0.3) is 11.0 Å². The van der Waals surface area contributed by atoms with Gasteiger partial charge in [0.15, 0.2) is 11.9 Å². The normalized spacial score (nSPS) is 12.1. The molecule has 0 spiro atoms. The first kappa shape index (κ1) is 15.9. The minimum atomic E-state index is -0.0894. The van der Waals surface area contributed by atoms with E-state index in [0.29, 0.717) is 6.61 Å². The Morgan fingerprint density at radius 3 is 2.68 bits per heavy atom. The number of hydrogen-bond acceptors (Lipinski definition) is 4. The predicted molar refractivity (Wildman–Crippen MR) is 77.3 cm³/mol. The Morgan fingerprint density at radius 1 is 1.32 bits per heavy atom. The van der Waals surface area contributed by atoms with Gasteiger partial charge in [-0.25, -0.2) is 9.67 Å². The van der Waals surface area contributed by atoms with Crippen LogP contribution >= 0.6 is 11.6 Å². The minimum Gasteiger partial charge on any atom is -0.357 e. The molecule has 1 unspecified atom stereocenters. The molecule has 0 radical (unpaired) electrons. The summed E-state index contributed by atoms with van der Waals surface area (Å²) in [5, 5.41) is 5.40. The van der Waals surface area contributed by atoms with Gasteiger partial charge in [-0.05, 0) is 24.9 Å². The average molecular weight is 285 g/mol. The van der Waals surface area contributed by atoms with Gasteiger partial charge in [0.05, 0.1) is 11.6 Å². The molecule has 19 heavy (non-hydrogen) atoms. The fraction of sp³-hybridized carbons (Fsp3) is 0.615. The maximum absolute atomic E-state index is 5.80.